The molecule has 3 nitrogen and oxygen atoms in total. The lowest BCUT2D eigenvalue weighted by Crippen LogP contribution is -2.53. The number of aryl methyl sites for hydroxylation is 3. The van der Waals surface area contributed by atoms with Crippen LogP contribution in [0.1, 0.15) is 40.7 Å². The van der Waals surface area contributed by atoms with Crippen LogP contribution in [0, 0.1) is 6.92 Å². The zero-order valence-corrected chi connectivity index (χ0v) is 22.2. The van der Waals surface area contributed by atoms with E-state index in [1.165, 1.54) is 87.5 Å². The van der Waals surface area contributed by atoms with Gasteiger partial charge in [-0.05, 0) is 118 Å². The number of allylic oxidation sites excluding steroid dienone is 5. The fourth-order valence-corrected chi connectivity index (χ4v) is 10.8. The molecular formula is C31H32N2OSi. The maximum Gasteiger partial charge on any atom is 0.178 e. The van der Waals surface area contributed by atoms with E-state index in [4.69, 9.17) is 0 Å². The molecule has 0 saturated heterocycles. The van der Waals surface area contributed by atoms with Gasteiger partial charge in [-0.1, -0.05) is 19.2 Å². The summed E-state index contributed by atoms with van der Waals surface area (Å²) in [6, 6.07) is 9.49. The molecule has 0 radical (unpaired) electrons. The third-order valence-corrected chi connectivity index (χ3v) is 12.4. The van der Waals surface area contributed by atoms with Crippen molar-refractivity contribution in [2.45, 2.75) is 45.7 Å². The molecule has 0 N–H and O–H groups in total. The summed E-state index contributed by atoms with van der Waals surface area (Å²) in [6.45, 7) is 9.56. The van der Waals surface area contributed by atoms with Gasteiger partial charge in [-0.15, -0.1) is 0 Å². The fraction of sp³-hybridized carbons (Fsp3) is 0.323. The van der Waals surface area contributed by atoms with Gasteiger partial charge in [0.1, 0.15) is 8.07 Å². The number of hydrogen-bond acceptors (Lipinski definition) is 2. The van der Waals surface area contributed by atoms with E-state index < -0.39 is 8.07 Å². The number of aromatic nitrogens is 1. The Bertz CT molecular complexity index is 1560. The first-order valence-corrected chi connectivity index (χ1v) is 16.0. The number of benzene rings is 2. The lowest BCUT2D eigenvalue weighted by atomic mass is 9.82. The minimum atomic E-state index is -2.08. The summed E-state index contributed by atoms with van der Waals surface area (Å²) in [6.07, 6.45) is 12.8. The molecular weight excluding hydrogens is 444 g/mol. The number of fused-ring (bicyclic) bond motifs is 4. The first kappa shape index (κ1) is 21.2. The molecule has 0 fully saturated rings. The number of nitrogens with zero attached hydrogens (tertiary/aromatic N) is 2. The molecule has 7 rings (SSSR count). The summed E-state index contributed by atoms with van der Waals surface area (Å²) in [5, 5.41) is 4.17. The molecule has 0 saturated carbocycles. The first-order valence-electron chi connectivity index (χ1n) is 13.0. The number of ketones is 1. The Balaban J connectivity index is 1.61. The van der Waals surface area contributed by atoms with Gasteiger partial charge in [-0.3, -0.25) is 4.79 Å². The number of carbonyl (C=O) groups excluding carboxylic acids is 1. The third kappa shape index (κ3) is 2.86. The largest absolute Gasteiger partial charge is 0.371 e. The van der Waals surface area contributed by atoms with Crippen LogP contribution in [0.25, 0.3) is 16.5 Å². The molecule has 35 heavy (non-hydrogen) atoms. The van der Waals surface area contributed by atoms with Gasteiger partial charge < -0.3 is 9.47 Å². The number of rotatable bonds is 1. The van der Waals surface area contributed by atoms with Crippen molar-refractivity contribution in [2.75, 3.05) is 18.0 Å². The van der Waals surface area contributed by atoms with E-state index in [0.29, 0.717) is 0 Å². The maximum atomic E-state index is 12.7. The Labute approximate surface area is 208 Å². The van der Waals surface area contributed by atoms with Crippen LogP contribution >= 0.6 is 0 Å². The predicted octanol–water partition coefficient (Wildman–Crippen LogP) is 5.52. The Morgan fingerprint density at radius 1 is 0.971 bits per heavy atom. The van der Waals surface area contributed by atoms with Crippen LogP contribution in [0.5, 0.6) is 0 Å². The highest BCUT2D eigenvalue weighted by Gasteiger charge is 2.43. The Morgan fingerprint density at radius 2 is 1.77 bits per heavy atom. The van der Waals surface area contributed by atoms with Crippen molar-refractivity contribution in [1.29, 1.82) is 0 Å². The van der Waals surface area contributed by atoms with Crippen molar-refractivity contribution in [2.24, 2.45) is 7.05 Å². The lowest BCUT2D eigenvalue weighted by molar-refractivity contribution is -0.110. The Hall–Kier alpha value is -3.11. The molecule has 1 aliphatic carbocycles. The van der Waals surface area contributed by atoms with E-state index in [1.807, 2.05) is 6.08 Å². The van der Waals surface area contributed by atoms with Crippen LogP contribution in [-0.2, 0) is 24.7 Å². The van der Waals surface area contributed by atoms with Gasteiger partial charge in [-0.2, -0.15) is 0 Å². The zero-order valence-electron chi connectivity index (χ0n) is 21.2. The third-order valence-electron chi connectivity index (χ3n) is 8.85. The average molecular weight is 477 g/mol. The SMILES string of the molecule is Cc1cc2c(ccn2C)cc1C1=C2C=CC(=O)C=C2[Si](C)(C)c2c1cc1c3c2CCCN3CCC1. The minimum absolute atomic E-state index is 0.135. The number of anilines is 1. The van der Waals surface area contributed by atoms with Crippen LogP contribution in [0.4, 0.5) is 5.69 Å². The van der Waals surface area contributed by atoms with Gasteiger partial charge in [0.15, 0.2) is 5.78 Å². The van der Waals surface area contributed by atoms with E-state index in [1.54, 1.807) is 16.8 Å². The summed E-state index contributed by atoms with van der Waals surface area (Å²) in [5.41, 5.74) is 12.6. The minimum Gasteiger partial charge on any atom is -0.371 e. The maximum absolute atomic E-state index is 12.7. The van der Waals surface area contributed by atoms with Gasteiger partial charge in [0, 0.05) is 42.9 Å². The van der Waals surface area contributed by atoms with Crippen LogP contribution < -0.4 is 10.1 Å². The number of hydrogen-bond donors (Lipinski definition) is 0. The van der Waals surface area contributed by atoms with E-state index in [2.05, 4.69) is 73.1 Å². The zero-order chi connectivity index (χ0) is 24.1. The second-order valence-electron chi connectivity index (χ2n) is 11.3. The quantitative estimate of drug-likeness (QED) is 0.432. The van der Waals surface area contributed by atoms with Gasteiger partial charge in [0.2, 0.25) is 0 Å². The average Bonchev–Trinajstić information content (AvgIpc) is 3.19. The molecule has 0 spiro atoms. The van der Waals surface area contributed by atoms with Crippen molar-refractivity contribution < 1.29 is 4.79 Å². The molecule has 0 amide bonds. The fourth-order valence-electron chi connectivity index (χ4n) is 7.29. The van der Waals surface area contributed by atoms with E-state index >= 15 is 0 Å². The Kier molecular flexibility index (Phi) is 4.36. The molecule has 3 aromatic rings. The summed E-state index contributed by atoms with van der Waals surface area (Å²) in [7, 11) is 0.0406. The van der Waals surface area contributed by atoms with Crippen molar-refractivity contribution >= 4 is 41.2 Å². The lowest BCUT2D eigenvalue weighted by Gasteiger charge is -2.44. The highest BCUT2D eigenvalue weighted by atomic mass is 28.3. The molecule has 0 bridgehead atoms. The van der Waals surface area contributed by atoms with Gasteiger partial charge >= 0.3 is 0 Å². The van der Waals surface area contributed by atoms with Gasteiger partial charge in [0.25, 0.3) is 0 Å². The molecule has 3 aliphatic heterocycles. The van der Waals surface area contributed by atoms with Crippen LogP contribution in [0.3, 0.4) is 0 Å². The first-order chi connectivity index (χ1) is 16.8. The smallest absolute Gasteiger partial charge is 0.178 e. The van der Waals surface area contributed by atoms with E-state index in [0.717, 1.165) is 6.42 Å². The van der Waals surface area contributed by atoms with E-state index in [9.17, 15) is 4.79 Å². The van der Waals surface area contributed by atoms with Gasteiger partial charge in [0.05, 0.1) is 0 Å². The van der Waals surface area contributed by atoms with Gasteiger partial charge in [-0.25, -0.2) is 0 Å². The molecule has 4 aliphatic rings. The molecule has 176 valence electrons. The molecule has 4 heteroatoms. The molecule has 0 unspecified atom stereocenters. The van der Waals surface area contributed by atoms with Crippen LogP contribution in [-0.4, -0.2) is 31.5 Å². The van der Waals surface area contributed by atoms with Crippen molar-refractivity contribution in [3.8, 4) is 0 Å². The topological polar surface area (TPSA) is 25.2 Å². The van der Waals surface area contributed by atoms with Crippen molar-refractivity contribution in [3.05, 3.63) is 87.3 Å². The molecule has 1 aromatic heterocycles. The van der Waals surface area contributed by atoms with Crippen molar-refractivity contribution in [3.63, 3.8) is 0 Å². The second kappa shape index (κ2) is 7.20. The molecule has 4 heterocycles. The summed E-state index contributed by atoms with van der Waals surface area (Å²) in [5.74, 6) is 0.135. The van der Waals surface area contributed by atoms with Crippen LogP contribution in [0.2, 0.25) is 13.1 Å². The highest BCUT2D eigenvalue weighted by Crippen LogP contribution is 2.47. The normalized spacial score (nSPS) is 20.1. The summed E-state index contributed by atoms with van der Waals surface area (Å²) < 4.78 is 2.20. The van der Waals surface area contributed by atoms with E-state index in [-0.39, 0.29) is 5.78 Å². The molecule has 2 aromatic carbocycles. The monoisotopic (exact) mass is 476 g/mol. The number of carbonyl (C=O) groups is 1. The summed E-state index contributed by atoms with van der Waals surface area (Å²) in [4.78, 5) is 15.3. The predicted molar refractivity (Wildman–Crippen MR) is 148 cm³/mol. The Morgan fingerprint density at radius 3 is 2.60 bits per heavy atom. The molecule has 0 atom stereocenters. The standard InChI is InChI=1S/C31H32N2OSi/c1-19-15-27-20(11-14-32(27)2)16-25(19)29-23-10-9-22(34)18-28(23)35(3,4)31-24-8-6-13-33-12-5-7-21(30(24)33)17-26(29)31/h9-11,14-18H,5-8,12-13H2,1-4H3. The van der Waals surface area contributed by atoms with Crippen molar-refractivity contribution in [1.82, 2.24) is 4.57 Å². The van der Waals surface area contributed by atoms with Crippen LogP contribution in [0.15, 0.2) is 59.5 Å². The summed E-state index contributed by atoms with van der Waals surface area (Å²) >= 11 is 0. The highest BCUT2D eigenvalue weighted by molar-refractivity contribution is 6.98. The second-order valence-corrected chi connectivity index (χ2v) is 15.6.